The van der Waals surface area contributed by atoms with Gasteiger partial charge in [-0.25, -0.2) is 9.78 Å². The van der Waals surface area contributed by atoms with Gasteiger partial charge in [0.1, 0.15) is 5.65 Å². The average Bonchev–Trinajstić information content (AvgIpc) is 2.86. The largest absolute Gasteiger partial charge is 0.477 e. The maximum atomic E-state index is 11.5. The highest BCUT2D eigenvalue weighted by Crippen LogP contribution is 2.20. The molecule has 1 N–H and O–H groups in total. The number of hydrogen-bond donors (Lipinski definition) is 1. The van der Waals surface area contributed by atoms with Crippen LogP contribution in [-0.2, 0) is 6.42 Å². The Morgan fingerprint density at radius 1 is 1.33 bits per heavy atom. The molecule has 0 bridgehead atoms. The summed E-state index contributed by atoms with van der Waals surface area (Å²) in [5.41, 5.74) is 2.65. The van der Waals surface area contributed by atoms with Gasteiger partial charge < -0.3 is 10.0 Å². The number of carboxylic acid groups (broad SMARTS) is 1. The standard InChI is InChI=1S/C16H23N3O2/c1-4-7-10-18(6-3)12-8-9-14-17-13(5-2)15(16(20)21)19(14)11-12/h8-9,11H,4-7,10H2,1-3H3,(H,20,21). The molecule has 0 spiro atoms. The van der Waals surface area contributed by atoms with Crippen molar-refractivity contribution in [2.24, 2.45) is 0 Å². The van der Waals surface area contributed by atoms with Gasteiger partial charge in [0.05, 0.1) is 11.4 Å². The van der Waals surface area contributed by atoms with Crippen LogP contribution in [0.4, 0.5) is 5.69 Å². The summed E-state index contributed by atoms with van der Waals surface area (Å²) in [6.45, 7) is 8.10. The van der Waals surface area contributed by atoms with Gasteiger partial charge >= 0.3 is 5.97 Å². The Hall–Kier alpha value is -2.04. The molecule has 0 aliphatic heterocycles. The van der Waals surface area contributed by atoms with E-state index in [1.807, 2.05) is 25.3 Å². The van der Waals surface area contributed by atoms with Gasteiger partial charge in [-0.05, 0) is 31.9 Å². The van der Waals surface area contributed by atoms with E-state index in [2.05, 4.69) is 23.7 Å². The number of anilines is 1. The fraction of sp³-hybridized carbons (Fsp3) is 0.500. The van der Waals surface area contributed by atoms with Gasteiger partial charge in [-0.3, -0.25) is 4.40 Å². The summed E-state index contributed by atoms with van der Waals surface area (Å²) >= 11 is 0. The predicted octanol–water partition coefficient (Wildman–Crippen LogP) is 3.22. The molecule has 5 heteroatoms. The zero-order chi connectivity index (χ0) is 15.4. The van der Waals surface area contributed by atoms with Gasteiger partial charge in [-0.1, -0.05) is 20.3 Å². The third-order valence-corrected chi connectivity index (χ3v) is 3.74. The third-order valence-electron chi connectivity index (χ3n) is 3.74. The van der Waals surface area contributed by atoms with Crippen molar-refractivity contribution in [3.05, 3.63) is 29.7 Å². The number of unbranched alkanes of at least 4 members (excludes halogenated alkanes) is 1. The first kappa shape index (κ1) is 15.4. The molecule has 2 aromatic rings. The molecule has 0 aliphatic rings. The molecule has 2 heterocycles. The maximum Gasteiger partial charge on any atom is 0.354 e. The molecular weight excluding hydrogens is 266 g/mol. The zero-order valence-corrected chi connectivity index (χ0v) is 13.0. The molecule has 0 unspecified atom stereocenters. The molecule has 0 aliphatic carbocycles. The number of aryl methyl sites for hydroxylation is 1. The van der Waals surface area contributed by atoms with Crippen LogP contribution in [-0.4, -0.2) is 33.6 Å². The van der Waals surface area contributed by atoms with Crippen molar-refractivity contribution in [3.8, 4) is 0 Å². The number of carboxylic acids is 1. The Bertz CT molecular complexity index is 634. The van der Waals surface area contributed by atoms with Gasteiger partial charge in [0, 0.05) is 19.3 Å². The van der Waals surface area contributed by atoms with Crippen molar-refractivity contribution >= 4 is 17.3 Å². The van der Waals surface area contributed by atoms with Gasteiger partial charge in [-0.15, -0.1) is 0 Å². The van der Waals surface area contributed by atoms with E-state index in [0.717, 1.165) is 31.6 Å². The van der Waals surface area contributed by atoms with Crippen molar-refractivity contribution in [2.45, 2.75) is 40.0 Å². The normalized spacial score (nSPS) is 11.0. The quantitative estimate of drug-likeness (QED) is 0.850. The SMILES string of the molecule is CCCCN(CC)c1ccc2nc(CC)c(C(=O)O)n2c1. The molecule has 0 atom stereocenters. The first-order chi connectivity index (χ1) is 10.1. The number of rotatable bonds is 7. The molecule has 0 amide bonds. The molecule has 0 aromatic carbocycles. The second-order valence-corrected chi connectivity index (χ2v) is 5.11. The Morgan fingerprint density at radius 3 is 2.67 bits per heavy atom. The van der Waals surface area contributed by atoms with Crippen LogP contribution >= 0.6 is 0 Å². The smallest absolute Gasteiger partial charge is 0.354 e. The minimum Gasteiger partial charge on any atom is -0.477 e. The first-order valence-electron chi connectivity index (χ1n) is 7.61. The van der Waals surface area contributed by atoms with Gasteiger partial charge in [-0.2, -0.15) is 0 Å². The molecule has 0 fully saturated rings. The van der Waals surface area contributed by atoms with Gasteiger partial charge in [0.25, 0.3) is 0 Å². The summed E-state index contributed by atoms with van der Waals surface area (Å²) in [5.74, 6) is -0.923. The molecule has 5 nitrogen and oxygen atoms in total. The second kappa shape index (κ2) is 6.61. The van der Waals surface area contributed by atoms with Crippen LogP contribution in [0.1, 0.15) is 49.8 Å². The number of pyridine rings is 1. The van der Waals surface area contributed by atoms with E-state index in [1.54, 1.807) is 4.40 Å². The highest BCUT2D eigenvalue weighted by Gasteiger charge is 2.18. The lowest BCUT2D eigenvalue weighted by Gasteiger charge is -2.23. The fourth-order valence-corrected chi connectivity index (χ4v) is 2.56. The van der Waals surface area contributed by atoms with E-state index >= 15 is 0 Å². The lowest BCUT2D eigenvalue weighted by atomic mass is 10.2. The molecule has 21 heavy (non-hydrogen) atoms. The maximum absolute atomic E-state index is 11.5. The van der Waals surface area contributed by atoms with Crippen LogP contribution in [0.5, 0.6) is 0 Å². The molecule has 2 rings (SSSR count). The van der Waals surface area contributed by atoms with E-state index in [1.165, 1.54) is 0 Å². The van der Waals surface area contributed by atoms with Crippen LogP contribution in [0.2, 0.25) is 0 Å². The number of hydrogen-bond acceptors (Lipinski definition) is 3. The number of nitrogens with zero attached hydrogens (tertiary/aromatic N) is 3. The van der Waals surface area contributed by atoms with E-state index in [-0.39, 0.29) is 5.69 Å². The average molecular weight is 289 g/mol. The van der Waals surface area contributed by atoms with E-state index in [9.17, 15) is 9.90 Å². The highest BCUT2D eigenvalue weighted by molar-refractivity contribution is 5.88. The first-order valence-corrected chi connectivity index (χ1v) is 7.61. The minimum absolute atomic E-state index is 0.279. The lowest BCUT2D eigenvalue weighted by Crippen LogP contribution is -2.24. The van der Waals surface area contributed by atoms with Gasteiger partial charge in [0.2, 0.25) is 0 Å². The van der Waals surface area contributed by atoms with E-state index in [4.69, 9.17) is 0 Å². The van der Waals surface area contributed by atoms with Crippen LogP contribution in [0.3, 0.4) is 0 Å². The number of aromatic nitrogens is 2. The molecular formula is C16H23N3O2. The number of fused-ring (bicyclic) bond motifs is 1. The predicted molar refractivity (Wildman–Crippen MR) is 84.3 cm³/mol. The number of aromatic carboxylic acids is 1. The molecule has 0 saturated carbocycles. The highest BCUT2D eigenvalue weighted by atomic mass is 16.4. The summed E-state index contributed by atoms with van der Waals surface area (Å²) < 4.78 is 1.70. The molecule has 0 saturated heterocycles. The zero-order valence-electron chi connectivity index (χ0n) is 13.0. The van der Waals surface area contributed by atoms with Crippen LogP contribution in [0.25, 0.3) is 5.65 Å². The minimum atomic E-state index is -0.923. The van der Waals surface area contributed by atoms with Crippen molar-refractivity contribution < 1.29 is 9.90 Å². The van der Waals surface area contributed by atoms with Crippen LogP contribution < -0.4 is 4.90 Å². The second-order valence-electron chi connectivity index (χ2n) is 5.11. The van der Waals surface area contributed by atoms with Gasteiger partial charge in [0.15, 0.2) is 5.69 Å². The lowest BCUT2D eigenvalue weighted by molar-refractivity contribution is 0.0688. The number of carbonyl (C=O) groups is 1. The number of imidazole rings is 1. The Labute approximate surface area is 125 Å². The fourth-order valence-electron chi connectivity index (χ4n) is 2.56. The summed E-state index contributed by atoms with van der Waals surface area (Å²) in [6, 6.07) is 3.92. The Morgan fingerprint density at radius 2 is 2.10 bits per heavy atom. The van der Waals surface area contributed by atoms with Crippen LogP contribution in [0, 0.1) is 0 Å². The summed E-state index contributed by atoms with van der Waals surface area (Å²) in [5, 5.41) is 9.44. The molecule has 0 radical (unpaired) electrons. The topological polar surface area (TPSA) is 57.8 Å². The van der Waals surface area contributed by atoms with E-state index in [0.29, 0.717) is 17.8 Å². The van der Waals surface area contributed by atoms with Crippen molar-refractivity contribution in [2.75, 3.05) is 18.0 Å². The van der Waals surface area contributed by atoms with Crippen molar-refractivity contribution in [1.82, 2.24) is 9.38 Å². The van der Waals surface area contributed by atoms with E-state index < -0.39 is 5.97 Å². The van der Waals surface area contributed by atoms with Crippen molar-refractivity contribution in [3.63, 3.8) is 0 Å². The summed E-state index contributed by atoms with van der Waals surface area (Å²) in [7, 11) is 0. The molecule has 114 valence electrons. The summed E-state index contributed by atoms with van der Waals surface area (Å²) in [4.78, 5) is 18.2. The van der Waals surface area contributed by atoms with Crippen molar-refractivity contribution in [1.29, 1.82) is 0 Å². The summed E-state index contributed by atoms with van der Waals surface area (Å²) in [6.07, 6.45) is 4.78. The van der Waals surface area contributed by atoms with Crippen LogP contribution in [0.15, 0.2) is 18.3 Å². The third kappa shape index (κ3) is 3.01. The monoisotopic (exact) mass is 289 g/mol. The Kier molecular flexibility index (Phi) is 4.83. The Balaban J connectivity index is 2.48. The molecule has 2 aromatic heterocycles.